The Morgan fingerprint density at radius 2 is 1.88 bits per heavy atom. The van der Waals surface area contributed by atoms with Crippen LogP contribution < -0.4 is 10.1 Å². The minimum absolute atomic E-state index is 0.285. The van der Waals surface area contributed by atoms with Crippen LogP contribution in [-0.4, -0.2) is 19.2 Å². The molecule has 1 aromatic rings. The number of hydrogen-bond donors (Lipinski definition) is 1. The summed E-state index contributed by atoms with van der Waals surface area (Å²) in [4.78, 5) is 0. The molecule has 0 aromatic heterocycles. The summed E-state index contributed by atoms with van der Waals surface area (Å²) in [7, 11) is 0. The highest BCUT2D eigenvalue weighted by Gasteiger charge is 2.08. The molecule has 4 heteroatoms. The van der Waals surface area contributed by atoms with Crippen molar-refractivity contribution in [2.75, 3.05) is 13.2 Å². The van der Waals surface area contributed by atoms with Gasteiger partial charge in [-0.05, 0) is 25.1 Å². The Labute approximate surface area is 94.6 Å². The zero-order chi connectivity index (χ0) is 12.0. The maximum atomic E-state index is 13.1. The predicted molar refractivity (Wildman–Crippen MR) is 59.6 cm³/mol. The van der Waals surface area contributed by atoms with Crippen molar-refractivity contribution >= 4 is 0 Å². The Balaban J connectivity index is 2.32. The number of halogens is 2. The minimum atomic E-state index is -0.656. The number of hydrogen-bond acceptors (Lipinski definition) is 2. The molecular formula is C12H17F2NO. The van der Waals surface area contributed by atoms with Gasteiger partial charge < -0.3 is 10.1 Å². The number of rotatable bonds is 6. The molecular weight excluding hydrogens is 212 g/mol. The third kappa shape index (κ3) is 4.14. The van der Waals surface area contributed by atoms with Gasteiger partial charge in [0, 0.05) is 6.04 Å². The van der Waals surface area contributed by atoms with Crippen LogP contribution in [0.25, 0.3) is 0 Å². The lowest BCUT2D eigenvalue weighted by Gasteiger charge is -2.10. The van der Waals surface area contributed by atoms with E-state index in [1.54, 1.807) is 0 Å². The molecule has 0 saturated carbocycles. The molecule has 16 heavy (non-hydrogen) atoms. The van der Waals surface area contributed by atoms with Crippen molar-refractivity contribution < 1.29 is 13.5 Å². The van der Waals surface area contributed by atoms with Crippen LogP contribution in [0.15, 0.2) is 18.2 Å². The normalized spacial score (nSPS) is 10.8. The van der Waals surface area contributed by atoms with E-state index in [9.17, 15) is 8.78 Å². The lowest BCUT2D eigenvalue weighted by Crippen LogP contribution is -2.24. The molecule has 0 aliphatic heterocycles. The SMILES string of the molecule is CC(C)NCCCOc1c(F)cccc1F. The van der Waals surface area contributed by atoms with Gasteiger partial charge in [-0.15, -0.1) is 0 Å². The van der Waals surface area contributed by atoms with Gasteiger partial charge in [-0.1, -0.05) is 19.9 Å². The number of benzene rings is 1. The quantitative estimate of drug-likeness (QED) is 0.757. The Morgan fingerprint density at radius 1 is 1.25 bits per heavy atom. The first-order valence-electron chi connectivity index (χ1n) is 5.41. The fraction of sp³-hybridized carbons (Fsp3) is 0.500. The Hall–Kier alpha value is -1.16. The van der Waals surface area contributed by atoms with Crippen molar-refractivity contribution in [1.29, 1.82) is 0 Å². The van der Waals surface area contributed by atoms with Crippen LogP contribution in [0.2, 0.25) is 0 Å². The second-order valence-electron chi connectivity index (χ2n) is 3.86. The molecule has 0 radical (unpaired) electrons. The van der Waals surface area contributed by atoms with Gasteiger partial charge in [0.15, 0.2) is 17.4 Å². The summed E-state index contributed by atoms with van der Waals surface area (Å²) in [6.45, 7) is 5.15. The smallest absolute Gasteiger partial charge is 0.190 e. The second-order valence-corrected chi connectivity index (χ2v) is 3.86. The van der Waals surface area contributed by atoms with Gasteiger partial charge in [0.1, 0.15) is 0 Å². The molecule has 0 aliphatic rings. The fourth-order valence-electron chi connectivity index (χ4n) is 1.26. The lowest BCUT2D eigenvalue weighted by atomic mass is 10.3. The Bertz CT molecular complexity index is 309. The molecule has 1 rings (SSSR count). The highest BCUT2D eigenvalue weighted by molar-refractivity contribution is 5.25. The Morgan fingerprint density at radius 3 is 2.44 bits per heavy atom. The summed E-state index contributed by atoms with van der Waals surface area (Å²) >= 11 is 0. The van der Waals surface area contributed by atoms with Crippen LogP contribution in [0.3, 0.4) is 0 Å². The van der Waals surface area contributed by atoms with Gasteiger partial charge in [0.2, 0.25) is 0 Å². The third-order valence-electron chi connectivity index (χ3n) is 2.04. The van der Waals surface area contributed by atoms with Crippen LogP contribution in [0.5, 0.6) is 5.75 Å². The van der Waals surface area contributed by atoms with Crippen molar-refractivity contribution in [1.82, 2.24) is 5.32 Å². The van der Waals surface area contributed by atoms with E-state index >= 15 is 0 Å². The number of para-hydroxylation sites is 1. The maximum Gasteiger partial charge on any atom is 0.190 e. The summed E-state index contributed by atoms with van der Waals surface area (Å²) < 4.78 is 31.3. The predicted octanol–water partition coefficient (Wildman–Crippen LogP) is 2.73. The zero-order valence-corrected chi connectivity index (χ0v) is 9.59. The van der Waals surface area contributed by atoms with E-state index < -0.39 is 11.6 Å². The highest BCUT2D eigenvalue weighted by Crippen LogP contribution is 2.20. The molecule has 1 N–H and O–H groups in total. The average molecular weight is 229 g/mol. The van der Waals surface area contributed by atoms with E-state index in [1.165, 1.54) is 18.2 Å². The van der Waals surface area contributed by atoms with Crippen molar-refractivity contribution in [2.45, 2.75) is 26.3 Å². The van der Waals surface area contributed by atoms with Crippen LogP contribution in [0.4, 0.5) is 8.78 Å². The van der Waals surface area contributed by atoms with Crippen LogP contribution in [-0.2, 0) is 0 Å². The van der Waals surface area contributed by atoms with E-state index in [4.69, 9.17) is 4.74 Å². The first-order valence-corrected chi connectivity index (χ1v) is 5.41. The van der Waals surface area contributed by atoms with Gasteiger partial charge in [0.05, 0.1) is 6.61 Å². The molecule has 1 aromatic carbocycles. The Kier molecular flexibility index (Phi) is 5.19. The molecule has 90 valence electrons. The first kappa shape index (κ1) is 12.9. The molecule has 0 fully saturated rings. The highest BCUT2D eigenvalue weighted by atomic mass is 19.1. The molecule has 0 amide bonds. The van der Waals surface area contributed by atoms with Crippen LogP contribution >= 0.6 is 0 Å². The van der Waals surface area contributed by atoms with Crippen LogP contribution in [0, 0.1) is 11.6 Å². The topological polar surface area (TPSA) is 21.3 Å². The van der Waals surface area contributed by atoms with Crippen molar-refractivity contribution in [2.24, 2.45) is 0 Å². The standard InChI is InChI=1S/C12H17F2NO/c1-9(2)15-7-4-8-16-12-10(13)5-3-6-11(12)14/h3,5-6,9,15H,4,7-8H2,1-2H3. The van der Waals surface area contributed by atoms with Gasteiger partial charge in [0.25, 0.3) is 0 Å². The summed E-state index contributed by atoms with van der Waals surface area (Å²) in [6.07, 6.45) is 0.714. The molecule has 0 atom stereocenters. The minimum Gasteiger partial charge on any atom is -0.488 e. The van der Waals surface area contributed by atoms with E-state index in [2.05, 4.69) is 5.32 Å². The molecule has 0 unspecified atom stereocenters. The van der Waals surface area contributed by atoms with E-state index in [-0.39, 0.29) is 5.75 Å². The average Bonchev–Trinajstić information content (AvgIpc) is 2.21. The van der Waals surface area contributed by atoms with Gasteiger partial charge >= 0.3 is 0 Å². The molecule has 0 spiro atoms. The molecule has 0 aliphatic carbocycles. The summed E-state index contributed by atoms with van der Waals surface area (Å²) in [5.41, 5.74) is 0. The van der Waals surface area contributed by atoms with Crippen molar-refractivity contribution in [3.8, 4) is 5.75 Å². The largest absolute Gasteiger partial charge is 0.488 e. The third-order valence-corrected chi connectivity index (χ3v) is 2.04. The monoisotopic (exact) mass is 229 g/mol. The fourth-order valence-corrected chi connectivity index (χ4v) is 1.26. The summed E-state index contributed by atoms with van der Waals surface area (Å²) in [5.74, 6) is -1.60. The maximum absolute atomic E-state index is 13.1. The first-order chi connectivity index (χ1) is 7.61. The number of nitrogens with one attached hydrogen (secondary N) is 1. The van der Waals surface area contributed by atoms with Crippen molar-refractivity contribution in [3.05, 3.63) is 29.8 Å². The van der Waals surface area contributed by atoms with Crippen molar-refractivity contribution in [3.63, 3.8) is 0 Å². The van der Waals surface area contributed by atoms with Gasteiger partial charge in [-0.2, -0.15) is 0 Å². The van der Waals surface area contributed by atoms with Gasteiger partial charge in [-0.25, -0.2) is 8.78 Å². The molecule has 0 bridgehead atoms. The summed E-state index contributed by atoms with van der Waals surface area (Å²) in [6, 6.07) is 4.10. The summed E-state index contributed by atoms with van der Waals surface area (Å²) in [5, 5.41) is 3.19. The lowest BCUT2D eigenvalue weighted by molar-refractivity contribution is 0.276. The molecule has 2 nitrogen and oxygen atoms in total. The van der Waals surface area contributed by atoms with Gasteiger partial charge in [-0.3, -0.25) is 0 Å². The molecule has 0 saturated heterocycles. The van der Waals surface area contributed by atoms with E-state index in [1.807, 2.05) is 13.8 Å². The number of ether oxygens (including phenoxy) is 1. The van der Waals surface area contributed by atoms with Crippen LogP contribution in [0.1, 0.15) is 20.3 Å². The second kappa shape index (κ2) is 6.43. The molecule has 0 heterocycles. The zero-order valence-electron chi connectivity index (χ0n) is 9.59. The van der Waals surface area contributed by atoms with E-state index in [0.29, 0.717) is 19.1 Å². The van der Waals surface area contributed by atoms with E-state index in [0.717, 1.165) is 6.54 Å².